The maximum absolute atomic E-state index is 12.3. The molecule has 0 heterocycles. The number of carboxylic acids is 1. The summed E-state index contributed by atoms with van der Waals surface area (Å²) in [7, 11) is 0. The maximum atomic E-state index is 12.3. The van der Waals surface area contributed by atoms with Crippen LogP contribution in [0, 0.1) is 0 Å². The van der Waals surface area contributed by atoms with Gasteiger partial charge in [-0.25, -0.2) is 4.79 Å². The van der Waals surface area contributed by atoms with Gasteiger partial charge < -0.3 is 15.3 Å². The lowest BCUT2D eigenvalue weighted by molar-refractivity contribution is -0.131. The first kappa shape index (κ1) is 16.0. The fourth-order valence-corrected chi connectivity index (χ4v) is 1.91. The summed E-state index contributed by atoms with van der Waals surface area (Å²) >= 11 is 0. The fourth-order valence-electron chi connectivity index (χ4n) is 1.91. The zero-order chi connectivity index (χ0) is 16.8. The number of carbonyl (C=O) groups is 2. The van der Waals surface area contributed by atoms with Gasteiger partial charge in [-0.15, -0.1) is 0 Å². The lowest BCUT2D eigenvalue weighted by Crippen LogP contribution is -1.98. The summed E-state index contributed by atoms with van der Waals surface area (Å²) < 4.78 is 0. The van der Waals surface area contributed by atoms with Crippen molar-refractivity contribution in [3.05, 3.63) is 71.3 Å². The number of hydrogen-bond acceptors (Lipinski definition) is 4. The predicted molar refractivity (Wildman–Crippen MR) is 86.2 cm³/mol. The van der Waals surface area contributed by atoms with Crippen molar-refractivity contribution in [1.82, 2.24) is 0 Å². The molecular formula is C18H14O5. The number of aromatic hydroxyl groups is 2. The normalized spacial score (nSPS) is 11.1. The van der Waals surface area contributed by atoms with Crippen molar-refractivity contribution in [2.75, 3.05) is 0 Å². The minimum Gasteiger partial charge on any atom is -0.508 e. The Balaban J connectivity index is 2.29. The van der Waals surface area contributed by atoms with Crippen molar-refractivity contribution in [3.63, 3.8) is 0 Å². The maximum Gasteiger partial charge on any atom is 0.328 e. The smallest absolute Gasteiger partial charge is 0.328 e. The lowest BCUT2D eigenvalue weighted by Gasteiger charge is -2.03. The van der Waals surface area contributed by atoms with E-state index < -0.39 is 5.97 Å². The number of hydrogen-bond donors (Lipinski definition) is 3. The first-order valence-electron chi connectivity index (χ1n) is 6.71. The molecule has 2 rings (SSSR count). The summed E-state index contributed by atoms with van der Waals surface area (Å²) in [5.41, 5.74) is 1.31. The Morgan fingerprint density at radius 2 is 1.48 bits per heavy atom. The van der Waals surface area contributed by atoms with E-state index in [4.69, 9.17) is 5.11 Å². The summed E-state index contributed by atoms with van der Waals surface area (Å²) in [5.74, 6) is -1.46. The van der Waals surface area contributed by atoms with Crippen LogP contribution in [0.5, 0.6) is 11.5 Å². The zero-order valence-electron chi connectivity index (χ0n) is 12.0. The average Bonchev–Trinajstić information content (AvgIpc) is 2.52. The SMILES string of the molecule is O=C(O)C=Cc1ccc(O)cc1C(=O)C=Cc1ccc(O)cc1. The average molecular weight is 310 g/mol. The summed E-state index contributed by atoms with van der Waals surface area (Å²) in [6.45, 7) is 0. The number of phenolic OH excluding ortho intramolecular Hbond substituents is 2. The summed E-state index contributed by atoms with van der Waals surface area (Å²) in [6.07, 6.45) is 5.10. The Hall–Kier alpha value is -3.34. The number of allylic oxidation sites excluding steroid dienone is 1. The van der Waals surface area contributed by atoms with Crippen LogP contribution >= 0.6 is 0 Å². The van der Waals surface area contributed by atoms with Crippen LogP contribution < -0.4 is 0 Å². The molecule has 0 aromatic heterocycles. The predicted octanol–water partition coefficient (Wildman–Crippen LogP) is 3.09. The first-order chi connectivity index (χ1) is 11.0. The van der Waals surface area contributed by atoms with E-state index >= 15 is 0 Å². The van der Waals surface area contributed by atoms with E-state index in [-0.39, 0.29) is 22.8 Å². The molecule has 0 saturated heterocycles. The van der Waals surface area contributed by atoms with Crippen LogP contribution in [0.15, 0.2) is 54.6 Å². The number of phenols is 2. The van der Waals surface area contributed by atoms with Crippen LogP contribution in [0.2, 0.25) is 0 Å². The molecule has 0 radical (unpaired) electrons. The highest BCUT2D eigenvalue weighted by atomic mass is 16.4. The van der Waals surface area contributed by atoms with Gasteiger partial charge in [-0.05, 0) is 47.5 Å². The van der Waals surface area contributed by atoms with Gasteiger partial charge in [-0.2, -0.15) is 0 Å². The Morgan fingerprint density at radius 1 is 0.826 bits per heavy atom. The van der Waals surface area contributed by atoms with Crippen molar-refractivity contribution in [1.29, 1.82) is 0 Å². The van der Waals surface area contributed by atoms with Gasteiger partial charge in [-0.1, -0.05) is 24.3 Å². The number of rotatable bonds is 5. The Morgan fingerprint density at radius 3 is 2.13 bits per heavy atom. The van der Waals surface area contributed by atoms with Crippen molar-refractivity contribution in [2.45, 2.75) is 0 Å². The Bertz CT molecular complexity index is 786. The molecule has 2 aromatic rings. The summed E-state index contributed by atoms with van der Waals surface area (Å²) in [5, 5.41) is 27.4. The van der Waals surface area contributed by atoms with Gasteiger partial charge in [0.1, 0.15) is 11.5 Å². The molecule has 0 bridgehead atoms. The monoisotopic (exact) mass is 310 g/mol. The standard InChI is InChI=1S/C18H14O5/c19-14-6-1-12(2-7-14)3-9-17(21)16-11-15(20)8-4-13(16)5-10-18(22)23/h1-11,19-20H,(H,22,23). The summed E-state index contributed by atoms with van der Waals surface area (Å²) in [6, 6.07) is 10.4. The molecule has 2 aromatic carbocycles. The van der Waals surface area contributed by atoms with Gasteiger partial charge in [0, 0.05) is 11.6 Å². The number of aliphatic carboxylic acids is 1. The van der Waals surface area contributed by atoms with Crippen LogP contribution in [0.1, 0.15) is 21.5 Å². The molecular weight excluding hydrogens is 296 g/mol. The second kappa shape index (κ2) is 7.09. The van der Waals surface area contributed by atoms with Gasteiger partial charge in [0.05, 0.1) is 0 Å². The van der Waals surface area contributed by atoms with Crippen LogP contribution in [-0.4, -0.2) is 27.1 Å². The molecule has 23 heavy (non-hydrogen) atoms. The molecule has 0 saturated carbocycles. The molecule has 5 heteroatoms. The molecule has 0 aliphatic heterocycles. The third kappa shape index (κ3) is 4.57. The van der Waals surface area contributed by atoms with E-state index in [2.05, 4.69) is 0 Å². The largest absolute Gasteiger partial charge is 0.508 e. The third-order valence-corrected chi connectivity index (χ3v) is 3.03. The quantitative estimate of drug-likeness (QED) is 0.582. The van der Waals surface area contributed by atoms with Crippen LogP contribution in [0.3, 0.4) is 0 Å². The molecule has 3 N–H and O–H groups in total. The molecule has 0 spiro atoms. The van der Waals surface area contributed by atoms with Gasteiger partial charge in [0.25, 0.3) is 0 Å². The molecule has 116 valence electrons. The zero-order valence-corrected chi connectivity index (χ0v) is 12.0. The molecule has 5 nitrogen and oxygen atoms in total. The third-order valence-electron chi connectivity index (χ3n) is 3.03. The van der Waals surface area contributed by atoms with Crippen molar-refractivity contribution in [3.8, 4) is 11.5 Å². The molecule has 0 aliphatic carbocycles. The molecule has 0 unspecified atom stereocenters. The molecule has 0 amide bonds. The van der Waals surface area contributed by atoms with E-state index in [9.17, 15) is 19.8 Å². The lowest BCUT2D eigenvalue weighted by atomic mass is 10.0. The van der Waals surface area contributed by atoms with Gasteiger partial charge in [-0.3, -0.25) is 4.79 Å². The van der Waals surface area contributed by atoms with Gasteiger partial charge in [0.15, 0.2) is 5.78 Å². The Labute approximate surface area is 132 Å². The van der Waals surface area contributed by atoms with E-state index in [1.807, 2.05) is 0 Å². The van der Waals surface area contributed by atoms with E-state index in [1.54, 1.807) is 18.2 Å². The van der Waals surface area contributed by atoms with Crippen LogP contribution in [0.25, 0.3) is 12.2 Å². The second-order valence-corrected chi connectivity index (χ2v) is 4.73. The fraction of sp³-hybridized carbons (Fsp3) is 0. The van der Waals surface area contributed by atoms with Gasteiger partial charge >= 0.3 is 5.97 Å². The highest BCUT2D eigenvalue weighted by Crippen LogP contribution is 2.20. The Kier molecular flexibility index (Phi) is 4.94. The molecule has 0 atom stereocenters. The van der Waals surface area contributed by atoms with E-state index in [0.717, 1.165) is 11.6 Å². The first-order valence-corrected chi connectivity index (χ1v) is 6.71. The molecule has 0 aliphatic rings. The summed E-state index contributed by atoms with van der Waals surface area (Å²) in [4.78, 5) is 22.9. The minimum absolute atomic E-state index is 0.0844. The molecule has 0 fully saturated rings. The second-order valence-electron chi connectivity index (χ2n) is 4.73. The highest BCUT2D eigenvalue weighted by Gasteiger charge is 2.08. The number of benzene rings is 2. The van der Waals surface area contributed by atoms with E-state index in [0.29, 0.717) is 5.56 Å². The minimum atomic E-state index is -1.13. The van der Waals surface area contributed by atoms with Gasteiger partial charge in [0.2, 0.25) is 0 Å². The van der Waals surface area contributed by atoms with Crippen molar-refractivity contribution >= 4 is 23.9 Å². The number of carboxylic acid groups (broad SMARTS) is 1. The van der Waals surface area contributed by atoms with Crippen molar-refractivity contribution in [2.24, 2.45) is 0 Å². The van der Waals surface area contributed by atoms with Crippen LogP contribution in [-0.2, 0) is 4.79 Å². The van der Waals surface area contributed by atoms with Crippen LogP contribution in [0.4, 0.5) is 0 Å². The topological polar surface area (TPSA) is 94.8 Å². The number of ketones is 1. The van der Waals surface area contributed by atoms with Crippen molar-refractivity contribution < 1.29 is 24.9 Å². The highest BCUT2D eigenvalue weighted by molar-refractivity contribution is 6.09. The number of carbonyl (C=O) groups excluding carboxylic acids is 1. The van der Waals surface area contributed by atoms with E-state index in [1.165, 1.54) is 42.5 Å².